The molecule has 3 rings (SSSR count). The summed E-state index contributed by atoms with van der Waals surface area (Å²) in [6.07, 6.45) is 12.9. The largest absolute Gasteiger partial charge is 0.494 e. The Balaban J connectivity index is 1.63. The van der Waals surface area contributed by atoms with Crippen LogP contribution in [0.5, 0.6) is 5.75 Å². The molecule has 0 bridgehead atoms. The number of carbonyl (C=O) groups is 1. The molecule has 164 valence electrons. The second kappa shape index (κ2) is 11.4. The minimum absolute atomic E-state index is 0.0256. The maximum Gasteiger partial charge on any atom is 0.316 e. The molecule has 0 unspecified atom stereocenters. The number of hydrogen-bond acceptors (Lipinski definition) is 4. The molecule has 0 saturated heterocycles. The van der Waals surface area contributed by atoms with Gasteiger partial charge < -0.3 is 9.47 Å². The molecular formula is C26H37NO3. The Morgan fingerprint density at radius 1 is 1.10 bits per heavy atom. The maximum absolute atomic E-state index is 13.4. The molecule has 0 aromatic heterocycles. The van der Waals surface area contributed by atoms with E-state index in [2.05, 4.69) is 25.1 Å². The van der Waals surface area contributed by atoms with Gasteiger partial charge in [0.15, 0.2) is 0 Å². The van der Waals surface area contributed by atoms with Crippen molar-refractivity contribution in [2.24, 2.45) is 5.92 Å². The summed E-state index contributed by atoms with van der Waals surface area (Å²) in [5.74, 6) is 1.47. The Kier molecular flexibility index (Phi) is 8.61. The molecule has 4 heteroatoms. The van der Waals surface area contributed by atoms with Gasteiger partial charge in [0, 0.05) is 6.42 Å². The first kappa shape index (κ1) is 22.7. The van der Waals surface area contributed by atoms with Crippen molar-refractivity contribution >= 4 is 5.97 Å². The van der Waals surface area contributed by atoms with Crippen molar-refractivity contribution in [3.63, 3.8) is 0 Å². The van der Waals surface area contributed by atoms with Crippen LogP contribution >= 0.6 is 0 Å². The minimum atomic E-state index is -0.502. The topological polar surface area (TPSA) is 59.3 Å². The van der Waals surface area contributed by atoms with Crippen LogP contribution in [0.25, 0.3) is 0 Å². The molecule has 0 atom stereocenters. The van der Waals surface area contributed by atoms with Gasteiger partial charge in [-0.05, 0) is 75.0 Å². The van der Waals surface area contributed by atoms with Crippen LogP contribution < -0.4 is 4.74 Å². The second-order valence-electron chi connectivity index (χ2n) is 9.11. The van der Waals surface area contributed by atoms with Gasteiger partial charge in [-0.1, -0.05) is 44.7 Å². The average Bonchev–Trinajstić information content (AvgIpc) is 2.79. The van der Waals surface area contributed by atoms with E-state index in [-0.39, 0.29) is 12.1 Å². The van der Waals surface area contributed by atoms with Crippen LogP contribution in [0.1, 0.15) is 96.0 Å². The minimum Gasteiger partial charge on any atom is -0.494 e. The van der Waals surface area contributed by atoms with Gasteiger partial charge in [0.1, 0.15) is 11.9 Å². The molecule has 2 aliphatic carbocycles. The van der Waals surface area contributed by atoms with Gasteiger partial charge in [-0.3, -0.25) is 4.79 Å². The lowest BCUT2D eigenvalue weighted by molar-refractivity contribution is -0.159. The third-order valence-electron chi connectivity index (χ3n) is 7.00. The number of unbranched alkanes of at least 4 members (excludes halogenated alkanes) is 1. The SMILES string of the molecule is CCCCOc1ccc(C2(C(=O)OC3CCC(CCC#N)CC3)CCCCC2)cc1. The molecule has 1 aromatic carbocycles. The Bertz CT molecular complexity index is 692. The maximum atomic E-state index is 13.4. The number of nitrogens with zero attached hydrogens (tertiary/aromatic N) is 1. The summed E-state index contributed by atoms with van der Waals surface area (Å²) in [4.78, 5) is 13.4. The Morgan fingerprint density at radius 3 is 2.43 bits per heavy atom. The number of nitriles is 1. The fraction of sp³-hybridized carbons (Fsp3) is 0.692. The highest BCUT2D eigenvalue weighted by Crippen LogP contribution is 2.42. The molecule has 2 fully saturated rings. The van der Waals surface area contributed by atoms with E-state index in [0.29, 0.717) is 12.3 Å². The van der Waals surface area contributed by atoms with Crippen molar-refractivity contribution in [2.75, 3.05) is 6.61 Å². The standard InChI is InChI=1S/C26H37NO3/c1-2-3-20-29-23-15-11-22(12-16-23)26(17-5-4-6-18-26)25(28)30-24-13-9-21(10-14-24)8-7-19-27/h11-12,15-16,21,24H,2-10,13-14,17-18,20H2,1H3. The fourth-order valence-corrected chi connectivity index (χ4v) is 5.04. The lowest BCUT2D eigenvalue weighted by Gasteiger charge is -2.38. The van der Waals surface area contributed by atoms with Gasteiger partial charge in [0.05, 0.1) is 18.1 Å². The van der Waals surface area contributed by atoms with E-state index in [0.717, 1.165) is 88.5 Å². The molecule has 1 aromatic rings. The quantitative estimate of drug-likeness (QED) is 0.345. The van der Waals surface area contributed by atoms with E-state index in [4.69, 9.17) is 14.7 Å². The Labute approximate surface area is 181 Å². The molecule has 30 heavy (non-hydrogen) atoms. The van der Waals surface area contributed by atoms with Crippen LogP contribution in [0.15, 0.2) is 24.3 Å². The summed E-state index contributed by atoms with van der Waals surface area (Å²) in [6, 6.07) is 10.4. The van der Waals surface area contributed by atoms with Crippen molar-refractivity contribution in [2.45, 2.75) is 102 Å². The molecular weight excluding hydrogens is 374 g/mol. The number of hydrogen-bond donors (Lipinski definition) is 0. The van der Waals surface area contributed by atoms with Gasteiger partial charge in [0.25, 0.3) is 0 Å². The van der Waals surface area contributed by atoms with Gasteiger partial charge >= 0.3 is 5.97 Å². The predicted molar refractivity (Wildman–Crippen MR) is 118 cm³/mol. The van der Waals surface area contributed by atoms with Crippen LogP contribution in [0, 0.1) is 17.2 Å². The van der Waals surface area contributed by atoms with Crippen molar-refractivity contribution in [3.05, 3.63) is 29.8 Å². The van der Waals surface area contributed by atoms with E-state index in [1.54, 1.807) is 0 Å². The van der Waals surface area contributed by atoms with E-state index < -0.39 is 5.41 Å². The lowest BCUT2D eigenvalue weighted by atomic mass is 9.69. The highest BCUT2D eigenvalue weighted by Gasteiger charge is 2.43. The van der Waals surface area contributed by atoms with Crippen molar-refractivity contribution in [1.29, 1.82) is 5.26 Å². The molecule has 0 amide bonds. The average molecular weight is 412 g/mol. The summed E-state index contributed by atoms with van der Waals surface area (Å²) >= 11 is 0. The summed E-state index contributed by atoms with van der Waals surface area (Å²) in [6.45, 7) is 2.89. The van der Waals surface area contributed by atoms with Crippen LogP contribution in [0.2, 0.25) is 0 Å². The van der Waals surface area contributed by atoms with E-state index in [9.17, 15) is 4.79 Å². The van der Waals surface area contributed by atoms with Crippen LogP contribution in [0.4, 0.5) is 0 Å². The highest BCUT2D eigenvalue weighted by atomic mass is 16.5. The number of benzene rings is 1. The molecule has 0 radical (unpaired) electrons. The number of ether oxygens (including phenoxy) is 2. The molecule has 0 aliphatic heterocycles. The van der Waals surface area contributed by atoms with Gasteiger partial charge in [-0.15, -0.1) is 0 Å². The number of carbonyl (C=O) groups excluding carboxylic acids is 1. The zero-order valence-corrected chi connectivity index (χ0v) is 18.5. The summed E-state index contributed by atoms with van der Waals surface area (Å²) in [7, 11) is 0. The first-order valence-corrected chi connectivity index (χ1v) is 12.0. The molecule has 2 saturated carbocycles. The van der Waals surface area contributed by atoms with Crippen molar-refractivity contribution in [1.82, 2.24) is 0 Å². The zero-order valence-electron chi connectivity index (χ0n) is 18.5. The summed E-state index contributed by atoms with van der Waals surface area (Å²) in [5.41, 5.74) is 0.579. The smallest absolute Gasteiger partial charge is 0.316 e. The van der Waals surface area contributed by atoms with Gasteiger partial charge in [-0.2, -0.15) is 5.26 Å². The molecule has 0 heterocycles. The Morgan fingerprint density at radius 2 is 1.80 bits per heavy atom. The number of esters is 1. The lowest BCUT2D eigenvalue weighted by Crippen LogP contribution is -2.41. The molecule has 0 spiro atoms. The fourth-order valence-electron chi connectivity index (χ4n) is 5.04. The van der Waals surface area contributed by atoms with Crippen LogP contribution in [-0.2, 0) is 14.9 Å². The first-order valence-electron chi connectivity index (χ1n) is 12.0. The zero-order chi connectivity index (χ0) is 21.2. The number of rotatable bonds is 9. The molecule has 4 nitrogen and oxygen atoms in total. The van der Waals surface area contributed by atoms with Gasteiger partial charge in [-0.25, -0.2) is 0 Å². The van der Waals surface area contributed by atoms with E-state index in [1.807, 2.05) is 12.1 Å². The van der Waals surface area contributed by atoms with Crippen molar-refractivity contribution in [3.8, 4) is 11.8 Å². The van der Waals surface area contributed by atoms with Crippen LogP contribution in [0.3, 0.4) is 0 Å². The van der Waals surface area contributed by atoms with Crippen molar-refractivity contribution < 1.29 is 14.3 Å². The summed E-state index contributed by atoms with van der Waals surface area (Å²) in [5, 5.41) is 8.79. The van der Waals surface area contributed by atoms with Gasteiger partial charge in [0.2, 0.25) is 0 Å². The summed E-state index contributed by atoms with van der Waals surface area (Å²) < 4.78 is 11.9. The third kappa shape index (κ3) is 5.78. The Hall–Kier alpha value is -2.02. The predicted octanol–water partition coefficient (Wildman–Crippen LogP) is 6.47. The highest BCUT2D eigenvalue weighted by molar-refractivity contribution is 5.83. The molecule has 0 N–H and O–H groups in total. The van der Waals surface area contributed by atoms with Crippen LogP contribution in [-0.4, -0.2) is 18.7 Å². The van der Waals surface area contributed by atoms with E-state index >= 15 is 0 Å². The second-order valence-corrected chi connectivity index (χ2v) is 9.11. The third-order valence-corrected chi connectivity index (χ3v) is 7.00. The molecule has 2 aliphatic rings. The normalized spacial score (nSPS) is 23.3. The van der Waals surface area contributed by atoms with E-state index in [1.165, 1.54) is 6.42 Å². The monoisotopic (exact) mass is 411 g/mol. The first-order chi connectivity index (χ1) is 14.7.